The molecule has 2 unspecified atom stereocenters. The normalized spacial score (nSPS) is 19.3. The molecule has 0 saturated carbocycles. The first-order chi connectivity index (χ1) is 11.0. The maximum Gasteiger partial charge on any atom is 0.223 e. The summed E-state index contributed by atoms with van der Waals surface area (Å²) in [5.74, 6) is 0.555. The number of hydrogen-bond donors (Lipinski definition) is 1. The van der Waals surface area contributed by atoms with Crippen molar-refractivity contribution in [3.8, 4) is 0 Å². The van der Waals surface area contributed by atoms with E-state index >= 15 is 0 Å². The first-order valence-corrected chi connectivity index (χ1v) is 8.72. The van der Waals surface area contributed by atoms with Crippen LogP contribution >= 0.6 is 0 Å². The van der Waals surface area contributed by atoms with Crippen LogP contribution in [0.1, 0.15) is 39.2 Å². The Labute approximate surface area is 139 Å². The van der Waals surface area contributed by atoms with E-state index in [2.05, 4.69) is 24.1 Å². The van der Waals surface area contributed by atoms with Crippen LogP contribution in [-0.4, -0.2) is 36.5 Å². The molecule has 1 fully saturated rings. The summed E-state index contributed by atoms with van der Waals surface area (Å²) in [5, 5.41) is 3.07. The van der Waals surface area contributed by atoms with Gasteiger partial charge in [-0.25, -0.2) is 4.39 Å². The highest BCUT2D eigenvalue weighted by Gasteiger charge is 2.21. The van der Waals surface area contributed by atoms with E-state index in [0.717, 1.165) is 24.6 Å². The average molecular weight is 320 g/mol. The van der Waals surface area contributed by atoms with E-state index < -0.39 is 0 Å². The molecular formula is C19H29FN2O. The van der Waals surface area contributed by atoms with Crippen LogP contribution in [0.4, 0.5) is 4.39 Å². The van der Waals surface area contributed by atoms with Crippen molar-refractivity contribution < 1.29 is 9.18 Å². The number of hydrogen-bond acceptors (Lipinski definition) is 2. The van der Waals surface area contributed by atoms with Crippen LogP contribution in [0.25, 0.3) is 0 Å². The largest absolute Gasteiger partial charge is 0.354 e. The van der Waals surface area contributed by atoms with Crippen molar-refractivity contribution in [2.45, 2.75) is 46.1 Å². The van der Waals surface area contributed by atoms with E-state index in [0.29, 0.717) is 19.0 Å². The number of piperidine rings is 1. The first-order valence-electron chi connectivity index (χ1n) is 8.72. The Balaban J connectivity index is 1.74. The molecule has 23 heavy (non-hydrogen) atoms. The number of carbonyl (C=O) groups is 1. The molecule has 128 valence electrons. The number of amides is 1. The minimum atomic E-state index is -0.240. The third-order valence-corrected chi connectivity index (χ3v) is 4.92. The Morgan fingerprint density at radius 2 is 1.87 bits per heavy atom. The van der Waals surface area contributed by atoms with Crippen molar-refractivity contribution in [3.63, 3.8) is 0 Å². The summed E-state index contributed by atoms with van der Waals surface area (Å²) in [4.78, 5) is 14.7. The molecule has 1 heterocycles. The predicted octanol–water partition coefficient (Wildman–Crippen LogP) is 3.24. The number of nitrogens with one attached hydrogen (secondary N) is 1. The minimum absolute atomic E-state index is 0.0755. The first kappa shape index (κ1) is 17.9. The Bertz CT molecular complexity index is 495. The molecule has 2 rings (SSSR count). The smallest absolute Gasteiger partial charge is 0.223 e. The molecule has 0 spiro atoms. The molecule has 0 aromatic heterocycles. The summed E-state index contributed by atoms with van der Waals surface area (Å²) < 4.78 is 12.9. The van der Waals surface area contributed by atoms with E-state index in [-0.39, 0.29) is 17.6 Å². The zero-order valence-corrected chi connectivity index (χ0v) is 14.5. The van der Waals surface area contributed by atoms with Crippen LogP contribution in [0, 0.1) is 17.7 Å². The van der Waals surface area contributed by atoms with Crippen molar-refractivity contribution in [1.29, 1.82) is 0 Å². The van der Waals surface area contributed by atoms with Gasteiger partial charge < -0.3 is 5.32 Å². The fourth-order valence-corrected chi connectivity index (χ4v) is 3.09. The van der Waals surface area contributed by atoms with Gasteiger partial charge in [-0.05, 0) is 62.9 Å². The molecule has 0 aliphatic carbocycles. The van der Waals surface area contributed by atoms with Gasteiger partial charge in [0, 0.05) is 18.5 Å². The molecule has 1 saturated heterocycles. The van der Waals surface area contributed by atoms with Gasteiger partial charge in [-0.3, -0.25) is 9.69 Å². The van der Waals surface area contributed by atoms with Crippen LogP contribution in [0.5, 0.6) is 0 Å². The number of halogens is 1. The maximum absolute atomic E-state index is 12.9. The van der Waals surface area contributed by atoms with Gasteiger partial charge in [-0.1, -0.05) is 26.0 Å². The summed E-state index contributed by atoms with van der Waals surface area (Å²) >= 11 is 0. The van der Waals surface area contributed by atoms with Crippen LogP contribution in [0.3, 0.4) is 0 Å². The lowest BCUT2D eigenvalue weighted by Crippen LogP contribution is -2.46. The van der Waals surface area contributed by atoms with Crippen LogP contribution < -0.4 is 5.32 Å². The van der Waals surface area contributed by atoms with Gasteiger partial charge in [0.1, 0.15) is 5.82 Å². The number of carbonyl (C=O) groups excluding carboxylic acids is 1. The van der Waals surface area contributed by atoms with E-state index in [4.69, 9.17) is 0 Å². The molecule has 0 radical (unpaired) electrons. The van der Waals surface area contributed by atoms with Gasteiger partial charge in [-0.15, -0.1) is 0 Å². The molecule has 2 atom stereocenters. The Kier molecular flexibility index (Phi) is 6.58. The quantitative estimate of drug-likeness (QED) is 0.873. The number of likely N-dealkylation sites (tertiary alicyclic amines) is 1. The standard InChI is InChI=1S/C19H29FN2O/c1-14-8-10-22(11-9-14)16(3)13-21-19(23)15(2)12-17-4-6-18(20)7-5-17/h4-7,14-16H,8-13H2,1-3H3,(H,21,23). The minimum Gasteiger partial charge on any atom is -0.354 e. The van der Waals surface area contributed by atoms with Crippen LogP contribution in [0.15, 0.2) is 24.3 Å². The van der Waals surface area contributed by atoms with Crippen molar-refractivity contribution in [3.05, 3.63) is 35.6 Å². The number of rotatable bonds is 6. The highest BCUT2D eigenvalue weighted by Crippen LogP contribution is 2.17. The van der Waals surface area contributed by atoms with Crippen molar-refractivity contribution in [1.82, 2.24) is 10.2 Å². The fourth-order valence-electron chi connectivity index (χ4n) is 3.09. The topological polar surface area (TPSA) is 32.3 Å². The van der Waals surface area contributed by atoms with Gasteiger partial charge in [-0.2, -0.15) is 0 Å². The summed E-state index contributed by atoms with van der Waals surface area (Å²) in [5.41, 5.74) is 0.993. The van der Waals surface area contributed by atoms with Gasteiger partial charge >= 0.3 is 0 Å². The van der Waals surface area contributed by atoms with Crippen molar-refractivity contribution in [2.24, 2.45) is 11.8 Å². The molecule has 3 nitrogen and oxygen atoms in total. The van der Waals surface area contributed by atoms with Gasteiger partial charge in [0.2, 0.25) is 5.91 Å². The van der Waals surface area contributed by atoms with E-state index in [1.807, 2.05) is 6.92 Å². The third-order valence-electron chi connectivity index (χ3n) is 4.92. The van der Waals surface area contributed by atoms with E-state index in [9.17, 15) is 9.18 Å². The molecule has 0 bridgehead atoms. The Morgan fingerprint density at radius 1 is 1.26 bits per heavy atom. The second-order valence-electron chi connectivity index (χ2n) is 7.04. The highest BCUT2D eigenvalue weighted by atomic mass is 19.1. The molecule has 1 aromatic carbocycles. The SMILES string of the molecule is CC1CCN(C(C)CNC(=O)C(C)Cc2ccc(F)cc2)CC1. The maximum atomic E-state index is 12.9. The Morgan fingerprint density at radius 3 is 2.48 bits per heavy atom. The average Bonchev–Trinajstić information content (AvgIpc) is 2.55. The van der Waals surface area contributed by atoms with Crippen molar-refractivity contribution in [2.75, 3.05) is 19.6 Å². The van der Waals surface area contributed by atoms with Crippen LogP contribution in [-0.2, 0) is 11.2 Å². The lowest BCUT2D eigenvalue weighted by Gasteiger charge is -2.35. The monoisotopic (exact) mass is 320 g/mol. The summed E-state index contributed by atoms with van der Waals surface area (Å²) in [7, 11) is 0. The molecule has 1 aliphatic rings. The number of benzene rings is 1. The second kappa shape index (κ2) is 8.44. The molecular weight excluding hydrogens is 291 g/mol. The molecule has 1 aliphatic heterocycles. The third kappa shape index (κ3) is 5.61. The summed E-state index contributed by atoms with van der Waals surface area (Å²) in [6.45, 7) is 9.36. The molecule has 1 aromatic rings. The molecule has 4 heteroatoms. The fraction of sp³-hybridized carbons (Fsp3) is 0.632. The number of nitrogens with zero attached hydrogens (tertiary/aromatic N) is 1. The Hall–Kier alpha value is -1.42. The van der Waals surface area contributed by atoms with Gasteiger partial charge in [0.05, 0.1) is 0 Å². The molecule has 1 N–H and O–H groups in total. The van der Waals surface area contributed by atoms with Gasteiger partial charge in [0.25, 0.3) is 0 Å². The highest BCUT2D eigenvalue weighted by molar-refractivity contribution is 5.78. The van der Waals surface area contributed by atoms with E-state index in [1.165, 1.54) is 25.0 Å². The van der Waals surface area contributed by atoms with Crippen LogP contribution in [0.2, 0.25) is 0 Å². The predicted molar refractivity (Wildman–Crippen MR) is 91.7 cm³/mol. The van der Waals surface area contributed by atoms with E-state index in [1.54, 1.807) is 12.1 Å². The second-order valence-corrected chi connectivity index (χ2v) is 7.04. The summed E-state index contributed by atoms with van der Waals surface area (Å²) in [6, 6.07) is 6.76. The lowest BCUT2D eigenvalue weighted by atomic mass is 9.98. The van der Waals surface area contributed by atoms with Crippen molar-refractivity contribution >= 4 is 5.91 Å². The van der Waals surface area contributed by atoms with Gasteiger partial charge in [0.15, 0.2) is 0 Å². The zero-order valence-electron chi connectivity index (χ0n) is 14.5. The summed E-state index contributed by atoms with van der Waals surface area (Å²) in [6.07, 6.45) is 3.14. The zero-order chi connectivity index (χ0) is 16.8. The lowest BCUT2D eigenvalue weighted by molar-refractivity contribution is -0.124. The molecule has 1 amide bonds.